The molecule has 168 valence electrons. The van der Waals surface area contributed by atoms with Gasteiger partial charge in [-0.15, -0.1) is 0 Å². The molecular weight excluding hydrogens is 426 g/mol. The number of para-hydroxylation sites is 1. The van der Waals surface area contributed by atoms with Crippen molar-refractivity contribution in [3.05, 3.63) is 72.3 Å². The third-order valence-electron chi connectivity index (χ3n) is 5.61. The number of hydrogen-bond acceptors (Lipinski definition) is 5. The van der Waals surface area contributed by atoms with Gasteiger partial charge in [0.2, 0.25) is 10.0 Å². The van der Waals surface area contributed by atoms with Crippen molar-refractivity contribution < 1.29 is 18.3 Å². The van der Waals surface area contributed by atoms with Crippen molar-refractivity contribution in [1.29, 1.82) is 0 Å². The Morgan fingerprint density at radius 2 is 1.72 bits per heavy atom. The van der Waals surface area contributed by atoms with Crippen LogP contribution in [-0.2, 0) is 15.6 Å². The Balaban J connectivity index is 1.41. The molecule has 32 heavy (non-hydrogen) atoms. The Morgan fingerprint density at radius 3 is 2.44 bits per heavy atom. The Hall–Kier alpha value is -2.91. The summed E-state index contributed by atoms with van der Waals surface area (Å²) >= 11 is 0. The van der Waals surface area contributed by atoms with E-state index in [0.29, 0.717) is 6.54 Å². The SMILES string of the molecule is CC(C)(NCC(O)COc1cccc2[nH]c3ccccc3c12)c1ccc(S(N)(=O)=O)cc1. The van der Waals surface area contributed by atoms with Crippen LogP contribution < -0.4 is 15.2 Å². The third kappa shape index (κ3) is 4.63. The van der Waals surface area contributed by atoms with E-state index >= 15 is 0 Å². The quantitative estimate of drug-likeness (QED) is 0.327. The first kappa shape index (κ1) is 22.3. The van der Waals surface area contributed by atoms with Crippen LogP contribution in [-0.4, -0.2) is 37.8 Å². The lowest BCUT2D eigenvalue weighted by Gasteiger charge is -2.28. The smallest absolute Gasteiger partial charge is 0.238 e. The number of primary sulfonamides is 1. The molecule has 1 aromatic heterocycles. The van der Waals surface area contributed by atoms with Gasteiger partial charge in [0, 0.05) is 28.4 Å². The highest BCUT2D eigenvalue weighted by Gasteiger charge is 2.22. The van der Waals surface area contributed by atoms with E-state index in [1.54, 1.807) is 12.1 Å². The summed E-state index contributed by atoms with van der Waals surface area (Å²) in [7, 11) is -3.73. The van der Waals surface area contributed by atoms with Crippen LogP contribution in [0.4, 0.5) is 0 Å². The van der Waals surface area contributed by atoms with E-state index in [1.165, 1.54) is 12.1 Å². The molecule has 1 atom stereocenters. The van der Waals surface area contributed by atoms with Crippen molar-refractivity contribution in [2.75, 3.05) is 13.2 Å². The number of hydrogen-bond donors (Lipinski definition) is 4. The Kier molecular flexibility index (Phi) is 5.96. The normalized spacial score (nSPS) is 13.5. The van der Waals surface area contributed by atoms with Crippen molar-refractivity contribution in [2.45, 2.75) is 30.4 Å². The topological polar surface area (TPSA) is 117 Å². The summed E-state index contributed by atoms with van der Waals surface area (Å²) in [6.07, 6.45) is -0.738. The maximum absolute atomic E-state index is 11.4. The maximum atomic E-state index is 11.4. The zero-order valence-electron chi connectivity index (χ0n) is 18.0. The average Bonchev–Trinajstić information content (AvgIpc) is 3.15. The fourth-order valence-electron chi connectivity index (χ4n) is 3.77. The van der Waals surface area contributed by atoms with Crippen LogP contribution in [0.25, 0.3) is 21.8 Å². The summed E-state index contributed by atoms with van der Waals surface area (Å²) in [5, 5.41) is 21.1. The fourth-order valence-corrected chi connectivity index (χ4v) is 4.29. The van der Waals surface area contributed by atoms with Gasteiger partial charge in [0.05, 0.1) is 10.4 Å². The van der Waals surface area contributed by atoms with Crippen molar-refractivity contribution in [3.8, 4) is 5.75 Å². The fraction of sp³-hybridized carbons (Fsp3) is 0.250. The van der Waals surface area contributed by atoms with E-state index in [1.807, 2.05) is 56.3 Å². The maximum Gasteiger partial charge on any atom is 0.238 e. The number of rotatable bonds is 8. The molecule has 3 aromatic carbocycles. The number of H-pyrrole nitrogens is 1. The minimum absolute atomic E-state index is 0.0666. The van der Waals surface area contributed by atoms with E-state index in [0.717, 1.165) is 33.1 Å². The van der Waals surface area contributed by atoms with Gasteiger partial charge in [0.1, 0.15) is 18.5 Å². The monoisotopic (exact) mass is 453 g/mol. The van der Waals surface area contributed by atoms with Gasteiger partial charge in [0.25, 0.3) is 0 Å². The summed E-state index contributed by atoms with van der Waals surface area (Å²) < 4.78 is 28.9. The number of nitrogens with one attached hydrogen (secondary N) is 2. The van der Waals surface area contributed by atoms with Gasteiger partial charge >= 0.3 is 0 Å². The molecule has 7 nitrogen and oxygen atoms in total. The van der Waals surface area contributed by atoms with Gasteiger partial charge in [-0.1, -0.05) is 36.4 Å². The average molecular weight is 454 g/mol. The molecule has 0 bridgehead atoms. The van der Waals surface area contributed by atoms with E-state index < -0.39 is 21.7 Å². The first-order valence-corrected chi connectivity index (χ1v) is 11.9. The van der Waals surface area contributed by atoms with Gasteiger partial charge in [0.15, 0.2) is 0 Å². The molecule has 4 aromatic rings. The molecule has 4 rings (SSSR count). The van der Waals surface area contributed by atoms with E-state index in [-0.39, 0.29) is 11.5 Å². The number of nitrogens with two attached hydrogens (primary N) is 1. The second-order valence-electron chi connectivity index (χ2n) is 8.39. The number of benzene rings is 3. The predicted octanol–water partition coefficient (Wildman–Crippen LogP) is 3.23. The van der Waals surface area contributed by atoms with E-state index in [4.69, 9.17) is 9.88 Å². The molecule has 0 aliphatic rings. The van der Waals surface area contributed by atoms with Crippen LogP contribution in [0.1, 0.15) is 19.4 Å². The lowest BCUT2D eigenvalue weighted by atomic mass is 9.94. The zero-order valence-corrected chi connectivity index (χ0v) is 18.8. The number of ether oxygens (including phenoxy) is 1. The Bertz CT molecular complexity index is 1340. The van der Waals surface area contributed by atoms with Crippen molar-refractivity contribution in [2.24, 2.45) is 5.14 Å². The number of aromatic amines is 1. The largest absolute Gasteiger partial charge is 0.490 e. The van der Waals surface area contributed by atoms with Crippen LogP contribution >= 0.6 is 0 Å². The summed E-state index contributed by atoms with van der Waals surface area (Å²) in [6, 6.07) is 20.3. The number of sulfonamides is 1. The van der Waals surface area contributed by atoms with Gasteiger partial charge in [-0.25, -0.2) is 13.6 Å². The molecule has 0 spiro atoms. The van der Waals surface area contributed by atoms with Crippen LogP contribution in [0.15, 0.2) is 71.6 Å². The van der Waals surface area contributed by atoms with Crippen molar-refractivity contribution >= 4 is 31.8 Å². The summed E-state index contributed by atoms with van der Waals surface area (Å²) in [4.78, 5) is 3.45. The highest BCUT2D eigenvalue weighted by atomic mass is 32.2. The van der Waals surface area contributed by atoms with Crippen LogP contribution in [0.2, 0.25) is 0 Å². The first-order chi connectivity index (χ1) is 15.1. The third-order valence-corrected chi connectivity index (χ3v) is 6.54. The molecule has 0 saturated heterocycles. The lowest BCUT2D eigenvalue weighted by Crippen LogP contribution is -2.42. The van der Waals surface area contributed by atoms with Gasteiger partial charge in [-0.05, 0) is 49.7 Å². The number of fused-ring (bicyclic) bond motifs is 3. The molecule has 1 unspecified atom stereocenters. The molecule has 0 aliphatic heterocycles. The second kappa shape index (κ2) is 8.55. The van der Waals surface area contributed by atoms with Gasteiger partial charge in [-0.2, -0.15) is 0 Å². The Labute approximate surface area is 187 Å². The van der Waals surface area contributed by atoms with Crippen LogP contribution in [0.5, 0.6) is 5.75 Å². The molecule has 1 heterocycles. The Morgan fingerprint density at radius 1 is 1.03 bits per heavy atom. The summed E-state index contributed by atoms with van der Waals surface area (Å²) in [5.74, 6) is 0.719. The molecule has 0 amide bonds. The first-order valence-electron chi connectivity index (χ1n) is 10.3. The summed E-state index contributed by atoms with van der Waals surface area (Å²) in [5.41, 5.74) is 2.41. The molecule has 0 aliphatic carbocycles. The van der Waals surface area contributed by atoms with Crippen LogP contribution in [0.3, 0.4) is 0 Å². The highest BCUT2D eigenvalue weighted by Crippen LogP contribution is 2.33. The minimum Gasteiger partial charge on any atom is -0.490 e. The molecule has 0 fully saturated rings. The highest BCUT2D eigenvalue weighted by molar-refractivity contribution is 7.89. The van der Waals surface area contributed by atoms with Gasteiger partial charge < -0.3 is 20.1 Å². The number of aromatic nitrogens is 1. The minimum atomic E-state index is -3.73. The molecular formula is C24H27N3O4S. The standard InChI is InChI=1S/C24H27N3O4S/c1-24(2,16-10-12-18(13-11-16)32(25,29)30)26-14-17(28)15-31-22-9-5-8-21-23(22)19-6-3-4-7-20(19)27-21/h3-13,17,26-28H,14-15H2,1-2H3,(H2,25,29,30). The van der Waals surface area contributed by atoms with E-state index in [2.05, 4.69) is 10.3 Å². The molecule has 0 radical (unpaired) electrons. The van der Waals surface area contributed by atoms with E-state index in [9.17, 15) is 13.5 Å². The van der Waals surface area contributed by atoms with Crippen LogP contribution in [0, 0.1) is 0 Å². The molecule has 8 heteroatoms. The zero-order chi connectivity index (χ0) is 22.9. The lowest BCUT2D eigenvalue weighted by molar-refractivity contribution is 0.0995. The predicted molar refractivity (Wildman–Crippen MR) is 126 cm³/mol. The number of aliphatic hydroxyl groups is 1. The van der Waals surface area contributed by atoms with Gasteiger partial charge in [-0.3, -0.25) is 0 Å². The second-order valence-corrected chi connectivity index (χ2v) is 9.95. The number of aliphatic hydroxyl groups excluding tert-OH is 1. The molecule has 5 N–H and O–H groups in total. The molecule has 0 saturated carbocycles. The summed E-state index contributed by atoms with van der Waals surface area (Å²) in [6.45, 7) is 4.35. The van der Waals surface area contributed by atoms with Crippen molar-refractivity contribution in [1.82, 2.24) is 10.3 Å². The van der Waals surface area contributed by atoms with Crippen molar-refractivity contribution in [3.63, 3.8) is 0 Å².